The van der Waals surface area contributed by atoms with Gasteiger partial charge in [-0.2, -0.15) is 4.98 Å². The zero-order chi connectivity index (χ0) is 21.2. The second-order valence-corrected chi connectivity index (χ2v) is 9.06. The van der Waals surface area contributed by atoms with Crippen LogP contribution in [0.25, 0.3) is 0 Å². The highest BCUT2D eigenvalue weighted by Crippen LogP contribution is 2.40. The second kappa shape index (κ2) is 8.05. The van der Waals surface area contributed by atoms with Crippen LogP contribution in [-0.2, 0) is 16.9 Å². The van der Waals surface area contributed by atoms with Crippen LogP contribution in [0.15, 0.2) is 22.7 Å². The molecule has 1 aromatic heterocycles. The molecule has 0 saturated heterocycles. The van der Waals surface area contributed by atoms with Crippen molar-refractivity contribution in [3.05, 3.63) is 41.0 Å². The fourth-order valence-corrected chi connectivity index (χ4v) is 3.32. The Balaban J connectivity index is 1.69. The highest BCUT2D eigenvalue weighted by molar-refractivity contribution is 5.69. The van der Waals surface area contributed by atoms with Gasteiger partial charge in [-0.25, -0.2) is 4.79 Å². The Bertz CT molecular complexity index is 863. The van der Waals surface area contributed by atoms with Gasteiger partial charge in [0.05, 0.1) is 0 Å². The molecule has 7 heteroatoms. The average molecular weight is 402 g/mol. The molecule has 0 spiro atoms. The Kier molecular flexibility index (Phi) is 5.87. The van der Waals surface area contributed by atoms with E-state index in [0.717, 1.165) is 36.1 Å². The van der Waals surface area contributed by atoms with E-state index in [2.05, 4.69) is 41.4 Å². The number of hydrogen-bond donors (Lipinski definition) is 1. The monoisotopic (exact) mass is 401 g/mol. The molecule has 0 bridgehead atoms. The van der Waals surface area contributed by atoms with Crippen LogP contribution < -0.4 is 10.1 Å². The van der Waals surface area contributed by atoms with Crippen molar-refractivity contribution in [3.8, 4) is 5.75 Å². The van der Waals surface area contributed by atoms with Crippen molar-refractivity contribution >= 4 is 6.09 Å². The summed E-state index contributed by atoms with van der Waals surface area (Å²) in [4.78, 5) is 16.7. The first-order chi connectivity index (χ1) is 13.6. The summed E-state index contributed by atoms with van der Waals surface area (Å²) in [5.74, 6) is 2.03. The number of ether oxygens (including phenoxy) is 2. The van der Waals surface area contributed by atoms with Gasteiger partial charge < -0.3 is 19.3 Å². The number of aryl methyl sites for hydroxylation is 1. The lowest BCUT2D eigenvalue weighted by Crippen LogP contribution is -2.52. The highest BCUT2D eigenvalue weighted by atomic mass is 16.6. The van der Waals surface area contributed by atoms with Gasteiger partial charge in [0.15, 0.2) is 12.4 Å². The summed E-state index contributed by atoms with van der Waals surface area (Å²) in [5.41, 5.74) is 1.08. The number of amides is 1. The van der Waals surface area contributed by atoms with E-state index in [1.54, 1.807) is 0 Å². The zero-order valence-electron chi connectivity index (χ0n) is 18.2. The molecule has 1 aliphatic carbocycles. The maximum atomic E-state index is 12.2. The van der Waals surface area contributed by atoms with Crippen LogP contribution in [0.4, 0.5) is 4.79 Å². The Hall–Kier alpha value is -2.57. The lowest BCUT2D eigenvalue weighted by molar-refractivity contribution is 0.0362. The van der Waals surface area contributed by atoms with Gasteiger partial charge in [-0.1, -0.05) is 31.1 Å². The lowest BCUT2D eigenvalue weighted by atomic mass is 9.76. The SMILES string of the molecule is Cc1ccc(C(C)C)c(OCc2nc(C3(NC(=O)OC(C)(C)C)CCC3)no2)c1. The minimum Gasteiger partial charge on any atom is -0.483 e. The van der Waals surface area contributed by atoms with Crippen LogP contribution in [0.1, 0.15) is 82.6 Å². The summed E-state index contributed by atoms with van der Waals surface area (Å²) >= 11 is 0. The van der Waals surface area contributed by atoms with Crippen molar-refractivity contribution < 1.29 is 18.8 Å². The number of hydrogen-bond acceptors (Lipinski definition) is 6. The topological polar surface area (TPSA) is 86.5 Å². The molecule has 0 aliphatic heterocycles. The first-order valence-electron chi connectivity index (χ1n) is 10.2. The molecule has 7 nitrogen and oxygen atoms in total. The van der Waals surface area contributed by atoms with E-state index >= 15 is 0 Å². The third-order valence-corrected chi connectivity index (χ3v) is 4.99. The molecule has 1 aromatic carbocycles. The van der Waals surface area contributed by atoms with Gasteiger partial charge in [-0.15, -0.1) is 0 Å². The standard InChI is InChI=1S/C22H31N3O4/c1-14(2)16-9-8-15(3)12-17(16)27-13-18-23-19(25-29-18)22(10-7-11-22)24-20(26)28-21(4,5)6/h8-9,12,14H,7,10-11,13H2,1-6H3,(H,24,26). The van der Waals surface area contributed by atoms with Crippen LogP contribution in [0, 0.1) is 6.92 Å². The number of aromatic nitrogens is 2. The molecule has 158 valence electrons. The van der Waals surface area contributed by atoms with E-state index in [1.807, 2.05) is 33.8 Å². The molecule has 1 saturated carbocycles. The predicted octanol–water partition coefficient (Wildman–Crippen LogP) is 4.98. The molecule has 1 heterocycles. The Morgan fingerprint density at radius 2 is 2.03 bits per heavy atom. The molecule has 1 fully saturated rings. The smallest absolute Gasteiger partial charge is 0.408 e. The van der Waals surface area contributed by atoms with E-state index in [4.69, 9.17) is 14.0 Å². The molecule has 0 radical (unpaired) electrons. The fraction of sp³-hybridized carbons (Fsp3) is 0.591. The van der Waals surface area contributed by atoms with Crippen LogP contribution in [0.3, 0.4) is 0 Å². The number of alkyl carbamates (subject to hydrolysis) is 1. The first-order valence-corrected chi connectivity index (χ1v) is 10.2. The minimum absolute atomic E-state index is 0.179. The maximum Gasteiger partial charge on any atom is 0.408 e. The highest BCUT2D eigenvalue weighted by Gasteiger charge is 2.45. The van der Waals surface area contributed by atoms with Crippen LogP contribution >= 0.6 is 0 Å². The zero-order valence-corrected chi connectivity index (χ0v) is 18.2. The quantitative estimate of drug-likeness (QED) is 0.734. The van der Waals surface area contributed by atoms with Crippen LogP contribution in [0.2, 0.25) is 0 Å². The Labute approximate surface area is 172 Å². The number of carbonyl (C=O) groups excluding carboxylic acids is 1. The van der Waals surface area contributed by atoms with Crippen LogP contribution in [0.5, 0.6) is 5.75 Å². The van der Waals surface area contributed by atoms with Crippen molar-refractivity contribution in [2.24, 2.45) is 0 Å². The van der Waals surface area contributed by atoms with E-state index in [0.29, 0.717) is 17.6 Å². The first kappa shape index (κ1) is 21.1. The summed E-state index contributed by atoms with van der Waals surface area (Å²) in [6.07, 6.45) is 2.02. The third kappa shape index (κ3) is 5.08. The molecule has 1 N–H and O–H groups in total. The van der Waals surface area contributed by atoms with Crippen molar-refractivity contribution in [2.75, 3.05) is 0 Å². The van der Waals surface area contributed by atoms with E-state index < -0.39 is 17.2 Å². The van der Waals surface area contributed by atoms with E-state index in [1.165, 1.54) is 0 Å². The molecular formula is C22H31N3O4. The van der Waals surface area contributed by atoms with Crippen LogP contribution in [-0.4, -0.2) is 21.8 Å². The lowest BCUT2D eigenvalue weighted by Gasteiger charge is -2.39. The summed E-state index contributed by atoms with van der Waals surface area (Å²) in [6.45, 7) is 12.0. The summed E-state index contributed by atoms with van der Waals surface area (Å²) in [6, 6.07) is 6.18. The summed E-state index contributed by atoms with van der Waals surface area (Å²) in [5, 5.41) is 7.05. The van der Waals surface area contributed by atoms with Gasteiger partial charge in [0.2, 0.25) is 0 Å². The van der Waals surface area contributed by atoms with Gasteiger partial charge in [-0.05, 0) is 70.1 Å². The van der Waals surface area contributed by atoms with Gasteiger partial charge in [0.25, 0.3) is 5.89 Å². The summed E-state index contributed by atoms with van der Waals surface area (Å²) < 4.78 is 16.8. The Morgan fingerprint density at radius 1 is 1.31 bits per heavy atom. The Morgan fingerprint density at radius 3 is 2.62 bits per heavy atom. The van der Waals surface area contributed by atoms with Crippen molar-refractivity contribution in [2.45, 2.75) is 84.5 Å². The molecule has 1 aliphatic rings. The number of nitrogens with one attached hydrogen (secondary N) is 1. The predicted molar refractivity (Wildman–Crippen MR) is 109 cm³/mol. The van der Waals surface area contributed by atoms with Crippen molar-refractivity contribution in [1.29, 1.82) is 0 Å². The number of rotatable bonds is 6. The molecule has 1 amide bonds. The molecule has 29 heavy (non-hydrogen) atoms. The van der Waals surface area contributed by atoms with E-state index in [9.17, 15) is 4.79 Å². The van der Waals surface area contributed by atoms with E-state index in [-0.39, 0.29) is 6.61 Å². The maximum absolute atomic E-state index is 12.2. The number of nitrogens with zero attached hydrogens (tertiary/aromatic N) is 2. The number of benzene rings is 1. The summed E-state index contributed by atoms with van der Waals surface area (Å²) in [7, 11) is 0. The normalized spacial score (nSPS) is 15.7. The minimum atomic E-state index is -0.628. The van der Waals surface area contributed by atoms with Gasteiger partial charge >= 0.3 is 6.09 Å². The second-order valence-electron chi connectivity index (χ2n) is 9.06. The van der Waals surface area contributed by atoms with Crippen molar-refractivity contribution in [3.63, 3.8) is 0 Å². The molecule has 0 atom stereocenters. The van der Waals surface area contributed by atoms with Gasteiger partial charge in [-0.3, -0.25) is 0 Å². The largest absolute Gasteiger partial charge is 0.483 e. The molecule has 2 aromatic rings. The van der Waals surface area contributed by atoms with Crippen molar-refractivity contribution in [1.82, 2.24) is 15.5 Å². The number of carbonyl (C=O) groups is 1. The molecular weight excluding hydrogens is 370 g/mol. The molecule has 3 rings (SSSR count). The van der Waals surface area contributed by atoms with Gasteiger partial charge in [0.1, 0.15) is 16.9 Å². The van der Waals surface area contributed by atoms with Gasteiger partial charge in [0, 0.05) is 0 Å². The average Bonchev–Trinajstić information content (AvgIpc) is 3.03. The molecule has 0 unspecified atom stereocenters. The fourth-order valence-electron chi connectivity index (χ4n) is 3.32. The third-order valence-electron chi connectivity index (χ3n) is 4.99.